The molecule has 0 saturated carbocycles. The lowest BCUT2D eigenvalue weighted by atomic mass is 10.0. The molecule has 0 spiro atoms. The Kier molecular flexibility index (Phi) is 17.8. The van der Waals surface area contributed by atoms with Crippen molar-refractivity contribution in [2.75, 3.05) is 46.4 Å². The first kappa shape index (κ1) is 57.1. The van der Waals surface area contributed by atoms with Crippen LogP contribution in [0, 0.1) is 5.92 Å². The van der Waals surface area contributed by atoms with Gasteiger partial charge in [-0.25, -0.2) is 0 Å². The monoisotopic (exact) mass is 1170 g/mol. The van der Waals surface area contributed by atoms with Crippen molar-refractivity contribution in [1.29, 1.82) is 0 Å². The maximum Gasteiger partial charge on any atom is 0.267 e. The quantitative estimate of drug-likeness (QED) is 0.0470. The van der Waals surface area contributed by atoms with Crippen LogP contribution < -0.4 is 39.6 Å². The van der Waals surface area contributed by atoms with E-state index in [-0.39, 0.29) is 78.2 Å². The molecule has 0 aliphatic carbocycles. The van der Waals surface area contributed by atoms with Crippen LogP contribution in [0.5, 0.6) is 28.7 Å². The molecule has 5 heterocycles. The van der Waals surface area contributed by atoms with Gasteiger partial charge in [-0.15, -0.1) is 0 Å². The topological polar surface area (TPSA) is 236 Å². The highest BCUT2D eigenvalue weighted by molar-refractivity contribution is 9.12. The van der Waals surface area contributed by atoms with Gasteiger partial charge >= 0.3 is 0 Å². The number of carbonyl (C=O) groups is 7. The van der Waals surface area contributed by atoms with Crippen LogP contribution in [0.15, 0.2) is 106 Å². The average Bonchev–Trinajstić information content (AvgIpc) is 4.23. The molecule has 20 nitrogen and oxygen atoms in total. The first-order valence-corrected chi connectivity index (χ1v) is 27.6. The van der Waals surface area contributed by atoms with E-state index in [0.717, 1.165) is 32.9 Å². The summed E-state index contributed by atoms with van der Waals surface area (Å²) in [5, 5.41) is 8.34. The normalized spacial score (nSPS) is 17.7. The molecule has 3 N–H and O–H groups in total. The predicted octanol–water partition coefficient (Wildman–Crippen LogP) is 8.30. The molecular weight excluding hydrogens is 1100 g/mol. The van der Waals surface area contributed by atoms with E-state index in [9.17, 15) is 33.6 Å². The van der Waals surface area contributed by atoms with Gasteiger partial charge < -0.3 is 49.4 Å². The fourth-order valence-corrected chi connectivity index (χ4v) is 10.4. The molecule has 0 unspecified atom stereocenters. The molecule has 81 heavy (non-hydrogen) atoms. The molecule has 4 aromatic rings. The van der Waals surface area contributed by atoms with Crippen molar-refractivity contribution in [1.82, 2.24) is 25.3 Å². The molecule has 4 aromatic carbocycles. The van der Waals surface area contributed by atoms with E-state index in [0.29, 0.717) is 89.7 Å². The summed E-state index contributed by atoms with van der Waals surface area (Å²) in [4.78, 5) is 105. The minimum absolute atomic E-state index is 0.152. The van der Waals surface area contributed by atoms with Gasteiger partial charge in [0.15, 0.2) is 23.0 Å². The summed E-state index contributed by atoms with van der Waals surface area (Å²) in [7, 11) is 4.65. The number of carbonyl (C=O) groups excluding carboxylic acids is 7. The molecule has 0 saturated heterocycles. The number of hydrogen-bond donors (Lipinski definition) is 3. The highest BCUT2D eigenvalue weighted by Gasteiger charge is 2.36. The van der Waals surface area contributed by atoms with Crippen molar-refractivity contribution in [3.05, 3.63) is 118 Å². The summed E-state index contributed by atoms with van der Waals surface area (Å²) < 4.78 is 29.2. The van der Waals surface area contributed by atoms with Gasteiger partial charge in [0.25, 0.3) is 23.6 Å². The smallest absolute Gasteiger partial charge is 0.267 e. The zero-order valence-corrected chi connectivity index (χ0v) is 47.4. The van der Waals surface area contributed by atoms with E-state index in [1.54, 1.807) is 86.5 Å². The van der Waals surface area contributed by atoms with E-state index in [1.807, 2.05) is 48.8 Å². The molecule has 0 aromatic heterocycles. The van der Waals surface area contributed by atoms with Crippen LogP contribution in [0.2, 0.25) is 0 Å². The Hall–Kier alpha value is -8.59. The lowest BCUT2D eigenvalue weighted by Gasteiger charge is -2.24. The third-order valence-corrected chi connectivity index (χ3v) is 15.1. The lowest BCUT2D eigenvalue weighted by Crippen LogP contribution is -2.53. The molecule has 4 atom stereocenters. The predicted molar refractivity (Wildman–Crippen MR) is 308 cm³/mol. The summed E-state index contributed by atoms with van der Waals surface area (Å²) in [6.45, 7) is 5.90. The average molecular weight is 1170 g/mol. The van der Waals surface area contributed by atoms with Crippen molar-refractivity contribution >= 4 is 97.9 Å². The van der Waals surface area contributed by atoms with Crippen LogP contribution in [0.1, 0.15) is 97.6 Å². The number of rotatable bonds is 23. The molecule has 5 aliphatic rings. The Morgan fingerprint density at radius 2 is 1.19 bits per heavy atom. The zero-order valence-electron chi connectivity index (χ0n) is 45.8. The Labute approximate surface area is 477 Å². The fraction of sp³-hybridized carbons (Fsp3) is 0.350. The highest BCUT2D eigenvalue weighted by Crippen LogP contribution is 2.42. The number of ether oxygens (including phenoxy) is 5. The van der Waals surface area contributed by atoms with Gasteiger partial charge in [-0.1, -0.05) is 44.5 Å². The van der Waals surface area contributed by atoms with Gasteiger partial charge in [0.05, 0.1) is 73.6 Å². The number of nitrogens with zero attached hydrogens (tertiary/aromatic N) is 5. The molecular formula is C60H63BrN8O12. The van der Waals surface area contributed by atoms with Crippen molar-refractivity contribution in [2.45, 2.75) is 89.9 Å². The van der Waals surface area contributed by atoms with E-state index in [2.05, 4.69) is 31.9 Å². The maximum atomic E-state index is 14.1. The van der Waals surface area contributed by atoms with Gasteiger partial charge in [-0.2, -0.15) is 0 Å². The van der Waals surface area contributed by atoms with Gasteiger partial charge in [0, 0.05) is 81.0 Å². The third kappa shape index (κ3) is 12.9. The third-order valence-electron chi connectivity index (χ3n) is 14.5. The first-order valence-electron chi connectivity index (χ1n) is 26.8. The van der Waals surface area contributed by atoms with Crippen molar-refractivity contribution < 1.29 is 57.2 Å². The molecule has 422 valence electrons. The Balaban J connectivity index is 0.736. The fourth-order valence-electron chi connectivity index (χ4n) is 9.96. The van der Waals surface area contributed by atoms with Crippen LogP contribution in [0.4, 0.5) is 17.1 Å². The summed E-state index contributed by atoms with van der Waals surface area (Å²) >= 11 is 3.08. The Bertz CT molecular complexity index is 3300. The summed E-state index contributed by atoms with van der Waals surface area (Å²) in [5.41, 5.74) is 5.93. The van der Waals surface area contributed by atoms with Crippen molar-refractivity contribution in [3.63, 3.8) is 0 Å². The first-order chi connectivity index (χ1) is 39.0. The molecule has 21 heteroatoms. The zero-order chi connectivity index (χ0) is 57.5. The summed E-state index contributed by atoms with van der Waals surface area (Å²) in [6.07, 6.45) is 11.8. The van der Waals surface area contributed by atoms with Crippen molar-refractivity contribution in [3.8, 4) is 28.7 Å². The van der Waals surface area contributed by atoms with Crippen LogP contribution in [-0.2, 0) is 24.0 Å². The number of imide groups is 1. The lowest BCUT2D eigenvalue weighted by molar-refractivity contribution is -0.137. The van der Waals surface area contributed by atoms with Crippen LogP contribution >= 0.6 is 15.9 Å². The highest BCUT2D eigenvalue weighted by atomic mass is 79.9. The number of amides is 7. The number of nitrogens with one attached hydrogen (secondary N) is 3. The Morgan fingerprint density at radius 1 is 0.642 bits per heavy atom. The van der Waals surface area contributed by atoms with Crippen LogP contribution in [-0.4, -0.2) is 134 Å². The van der Waals surface area contributed by atoms with E-state index >= 15 is 0 Å². The number of hydrogen-bond acceptors (Lipinski definition) is 14. The molecule has 0 radical (unpaired) electrons. The van der Waals surface area contributed by atoms with Crippen LogP contribution in [0.25, 0.3) is 11.1 Å². The number of halogens is 1. The summed E-state index contributed by atoms with van der Waals surface area (Å²) in [5.74, 6) is -0.363. The number of unbranched alkanes of at least 4 members (excludes halogenated alkanes) is 2. The van der Waals surface area contributed by atoms with Crippen LogP contribution in [0.3, 0.4) is 0 Å². The summed E-state index contributed by atoms with van der Waals surface area (Å²) in [6, 6.07) is 19.2. The van der Waals surface area contributed by atoms with Gasteiger partial charge in [0.2, 0.25) is 17.7 Å². The van der Waals surface area contributed by atoms with Gasteiger partial charge in [-0.05, 0) is 100 Å². The van der Waals surface area contributed by atoms with Crippen molar-refractivity contribution in [2.24, 2.45) is 15.9 Å². The molecule has 5 aliphatic heterocycles. The number of benzene rings is 4. The van der Waals surface area contributed by atoms with E-state index in [1.165, 1.54) is 20.3 Å². The van der Waals surface area contributed by atoms with Gasteiger partial charge in [-0.3, -0.25) is 48.4 Å². The largest absolute Gasteiger partial charge is 0.497 e. The molecule has 9 rings (SSSR count). The Morgan fingerprint density at radius 3 is 1.68 bits per heavy atom. The SMILES string of the molecule is COc1ccc(C2=CN3C(=O)c4cc(OC)c(OCCCOc5cc6c(cc5OC)C(=O)N5C=C(c7ccc(NC(=O)[C@@H](C)NC(=O)[C@H](NC(=O)CCCCCN8C(=O)C=C(Br)C8=O)C(C)C)cc7)C[C@H]5C=N6)cc4N=C[C@@H]3C2)cc1. The number of anilines is 1. The number of fused-ring (bicyclic) bond motifs is 4. The minimum Gasteiger partial charge on any atom is -0.497 e. The van der Waals surface area contributed by atoms with E-state index < -0.39 is 23.9 Å². The molecule has 7 amide bonds. The standard InChI is InChI=1S/C60H63BrN8O12/c1-34(2)55(66-53(70)11-8-7-9-20-67-54(71)27-46(61)60(67)76)57(73)64-35(3)56(72)65-40-16-12-36(13-17-40)38-23-41-30-62-47-28-51(49(78-5)25-44(47)58(74)68(41)32-38)80-21-10-22-81-52-29-48-45(26-50(52)79-6)59(75)69-33-39(24-42(69)31-63-48)37-14-18-43(77-4)19-15-37/h12-19,25-35,41-42,55H,7-11,20-24H2,1-6H3,(H,64,73)(H,65,72)(H,66,70)/t35-,41+,42+,55-/m1/s1. The number of methoxy groups -OCH3 is 3. The molecule has 0 bridgehead atoms. The minimum atomic E-state index is -0.930. The second-order valence-corrected chi connectivity index (χ2v) is 21.2. The van der Waals surface area contributed by atoms with E-state index in [4.69, 9.17) is 33.7 Å². The maximum absolute atomic E-state index is 14.1. The van der Waals surface area contributed by atoms with Gasteiger partial charge in [0.1, 0.15) is 17.8 Å². The second-order valence-electron chi connectivity index (χ2n) is 20.3. The molecule has 0 fully saturated rings. The second kappa shape index (κ2) is 25.2. The number of aliphatic imine (C=N–C) groups is 2.